The lowest BCUT2D eigenvalue weighted by molar-refractivity contribution is -0.138. The van der Waals surface area contributed by atoms with Crippen LogP contribution in [0.15, 0.2) is 66.2 Å². The first-order valence-corrected chi connectivity index (χ1v) is 12.5. The molecule has 0 aliphatic carbocycles. The van der Waals surface area contributed by atoms with E-state index in [1.54, 1.807) is 51.4 Å². The van der Waals surface area contributed by atoms with Gasteiger partial charge in [-0.05, 0) is 49.2 Å². The maximum atomic E-state index is 13.3. The molecule has 0 saturated heterocycles. The molecule has 194 valence electrons. The number of nitrogens with zero attached hydrogens (tertiary/aromatic N) is 4. The van der Waals surface area contributed by atoms with Gasteiger partial charge in [-0.3, -0.25) is 4.72 Å². The van der Waals surface area contributed by atoms with Crippen molar-refractivity contribution in [2.24, 2.45) is 7.05 Å². The molecular weight excluding hydrogens is 507 g/mol. The number of hydrogen-bond donors (Lipinski definition) is 3. The number of halogens is 3. The molecule has 0 saturated carbocycles. The monoisotopic (exact) mass is 531 g/mol. The normalized spacial score (nSPS) is 11.8. The average molecular weight is 532 g/mol. The molecule has 37 heavy (non-hydrogen) atoms. The van der Waals surface area contributed by atoms with Gasteiger partial charge in [-0.15, -0.1) is 0 Å². The van der Waals surface area contributed by atoms with Gasteiger partial charge in [0.05, 0.1) is 17.6 Å². The highest BCUT2D eigenvalue weighted by atomic mass is 32.2. The third kappa shape index (κ3) is 6.17. The topological polar surface area (TPSA) is 114 Å². The van der Waals surface area contributed by atoms with Crippen molar-refractivity contribution in [1.82, 2.24) is 19.5 Å². The predicted molar refractivity (Wildman–Crippen MR) is 134 cm³/mol. The second kappa shape index (κ2) is 10.1. The van der Waals surface area contributed by atoms with Crippen LogP contribution in [0.3, 0.4) is 0 Å². The maximum absolute atomic E-state index is 13.3. The van der Waals surface area contributed by atoms with Crippen molar-refractivity contribution in [3.63, 3.8) is 0 Å². The van der Waals surface area contributed by atoms with Crippen molar-refractivity contribution in [2.75, 3.05) is 15.4 Å². The van der Waals surface area contributed by atoms with Gasteiger partial charge in [0.15, 0.2) is 5.03 Å². The molecule has 4 aromatic rings. The Hall–Kier alpha value is -4.13. The maximum Gasteiger partial charge on any atom is 0.416 e. The van der Waals surface area contributed by atoms with Gasteiger partial charge in [-0.25, -0.2) is 9.97 Å². The molecule has 4 rings (SSSR count). The van der Waals surface area contributed by atoms with Crippen LogP contribution in [0.4, 0.5) is 36.3 Å². The minimum absolute atomic E-state index is 0.0722. The van der Waals surface area contributed by atoms with Gasteiger partial charge < -0.3 is 15.2 Å². The second-order valence-corrected chi connectivity index (χ2v) is 10.0. The molecule has 2 heterocycles. The van der Waals surface area contributed by atoms with Crippen molar-refractivity contribution >= 4 is 33.2 Å². The predicted octanol–water partition coefficient (Wildman–Crippen LogP) is 5.00. The Morgan fingerprint density at radius 1 is 1.03 bits per heavy atom. The zero-order valence-corrected chi connectivity index (χ0v) is 20.9. The summed E-state index contributed by atoms with van der Waals surface area (Å²) in [4.78, 5) is 12.5. The van der Waals surface area contributed by atoms with Gasteiger partial charge in [0, 0.05) is 37.2 Å². The first-order valence-electron chi connectivity index (χ1n) is 11.0. The lowest BCUT2D eigenvalue weighted by Gasteiger charge is -2.15. The van der Waals surface area contributed by atoms with E-state index in [0.717, 1.165) is 6.07 Å². The summed E-state index contributed by atoms with van der Waals surface area (Å²) < 4.78 is 69.1. The lowest BCUT2D eigenvalue weighted by Crippen LogP contribution is -2.14. The molecule has 0 aliphatic heterocycles. The molecule has 0 radical (unpaired) electrons. The Balaban J connectivity index is 1.48. The van der Waals surface area contributed by atoms with Crippen LogP contribution in [-0.4, -0.2) is 27.9 Å². The molecule has 0 bridgehead atoms. The second-order valence-electron chi connectivity index (χ2n) is 8.37. The smallest absolute Gasteiger partial charge is 0.366 e. The summed E-state index contributed by atoms with van der Waals surface area (Å²) >= 11 is 0. The lowest BCUT2D eigenvalue weighted by atomic mass is 10.1. The van der Waals surface area contributed by atoms with Gasteiger partial charge in [-0.2, -0.15) is 26.6 Å². The van der Waals surface area contributed by atoms with E-state index >= 15 is 0 Å². The Morgan fingerprint density at radius 3 is 2.46 bits per heavy atom. The summed E-state index contributed by atoms with van der Waals surface area (Å²) in [6.45, 7) is 3.41. The summed E-state index contributed by atoms with van der Waals surface area (Å²) in [5, 5.41) is 5.90. The van der Waals surface area contributed by atoms with Crippen molar-refractivity contribution in [3.8, 4) is 0 Å². The average Bonchev–Trinajstić information content (AvgIpc) is 3.28. The SMILES string of the molecule is Cc1cc(Nc2ncc(C)c(NCc3ccccc3C(F)(F)F)n2)ccc1NS(=O)(=O)c1cn(C)cn1. The third-order valence-electron chi connectivity index (χ3n) is 5.42. The van der Waals surface area contributed by atoms with Gasteiger partial charge in [0.1, 0.15) is 5.82 Å². The van der Waals surface area contributed by atoms with Crippen LogP contribution in [0.2, 0.25) is 0 Å². The standard InChI is InChI=1S/C24H24F3N7O2S/c1-15-10-18(8-9-20(15)33-37(35,36)21-13-34(3)14-30-21)31-23-29-11-16(2)22(32-23)28-12-17-6-4-5-7-19(17)24(25,26)27/h4-11,13-14,33H,12H2,1-3H3,(H2,28,29,31,32). The highest BCUT2D eigenvalue weighted by Crippen LogP contribution is 2.32. The van der Waals surface area contributed by atoms with Crippen LogP contribution in [0, 0.1) is 13.8 Å². The fourth-order valence-corrected chi connectivity index (χ4v) is 4.63. The van der Waals surface area contributed by atoms with E-state index in [0.29, 0.717) is 28.3 Å². The summed E-state index contributed by atoms with van der Waals surface area (Å²) in [6.07, 6.45) is -0.110. The third-order valence-corrected chi connectivity index (χ3v) is 6.67. The molecule has 0 aliphatic rings. The molecule has 0 atom stereocenters. The van der Waals surface area contributed by atoms with E-state index < -0.39 is 21.8 Å². The van der Waals surface area contributed by atoms with E-state index in [1.807, 2.05) is 0 Å². The molecular formula is C24H24F3N7O2S. The van der Waals surface area contributed by atoms with Crippen LogP contribution in [0.25, 0.3) is 0 Å². The Morgan fingerprint density at radius 2 is 1.78 bits per heavy atom. The number of aromatic nitrogens is 4. The van der Waals surface area contributed by atoms with Crippen LogP contribution in [0.1, 0.15) is 22.3 Å². The molecule has 2 aromatic heterocycles. The Labute approximate surface area is 211 Å². The van der Waals surface area contributed by atoms with Crippen molar-refractivity contribution in [3.05, 3.63) is 83.4 Å². The van der Waals surface area contributed by atoms with Gasteiger partial charge in [0.2, 0.25) is 5.95 Å². The number of aryl methyl sites for hydroxylation is 3. The van der Waals surface area contributed by atoms with Gasteiger partial charge in [0.25, 0.3) is 10.0 Å². The first kappa shape index (κ1) is 25.9. The van der Waals surface area contributed by atoms with Crippen molar-refractivity contribution in [2.45, 2.75) is 31.6 Å². The fraction of sp³-hybridized carbons (Fsp3) is 0.208. The zero-order chi connectivity index (χ0) is 26.8. The quantitative estimate of drug-likeness (QED) is 0.293. The molecule has 0 spiro atoms. The minimum atomic E-state index is -4.46. The molecule has 9 nitrogen and oxygen atoms in total. The Kier molecular flexibility index (Phi) is 7.07. The van der Waals surface area contributed by atoms with E-state index in [-0.39, 0.29) is 23.1 Å². The highest BCUT2D eigenvalue weighted by Gasteiger charge is 2.32. The number of imidazole rings is 1. The number of alkyl halides is 3. The fourth-order valence-electron chi connectivity index (χ4n) is 3.52. The van der Waals surface area contributed by atoms with Crippen LogP contribution in [0.5, 0.6) is 0 Å². The number of nitrogens with one attached hydrogen (secondary N) is 3. The Bertz CT molecular complexity index is 1540. The summed E-state index contributed by atoms with van der Waals surface area (Å²) in [5.74, 6) is 0.601. The van der Waals surface area contributed by atoms with Gasteiger partial charge in [-0.1, -0.05) is 18.2 Å². The van der Waals surface area contributed by atoms with Crippen LogP contribution < -0.4 is 15.4 Å². The zero-order valence-electron chi connectivity index (χ0n) is 20.1. The van der Waals surface area contributed by atoms with Crippen LogP contribution in [-0.2, 0) is 29.8 Å². The molecule has 0 fully saturated rings. The molecule has 2 aromatic carbocycles. The number of anilines is 4. The highest BCUT2D eigenvalue weighted by molar-refractivity contribution is 7.92. The largest absolute Gasteiger partial charge is 0.416 e. The number of benzene rings is 2. The van der Waals surface area contributed by atoms with Crippen LogP contribution >= 0.6 is 0 Å². The minimum Gasteiger partial charge on any atom is -0.366 e. The van der Waals surface area contributed by atoms with E-state index in [2.05, 4.69) is 30.3 Å². The summed E-state index contributed by atoms with van der Waals surface area (Å²) in [5.41, 5.74) is 1.66. The van der Waals surface area contributed by atoms with E-state index in [4.69, 9.17) is 0 Å². The molecule has 13 heteroatoms. The number of hydrogen-bond acceptors (Lipinski definition) is 7. The first-order chi connectivity index (χ1) is 17.4. The molecule has 0 unspecified atom stereocenters. The summed E-state index contributed by atoms with van der Waals surface area (Å²) in [7, 11) is -2.17. The summed E-state index contributed by atoms with van der Waals surface area (Å²) in [6, 6.07) is 10.3. The molecule has 0 amide bonds. The molecule has 3 N–H and O–H groups in total. The van der Waals surface area contributed by atoms with Crippen molar-refractivity contribution < 1.29 is 21.6 Å². The van der Waals surface area contributed by atoms with E-state index in [1.165, 1.54) is 29.2 Å². The number of rotatable bonds is 8. The van der Waals surface area contributed by atoms with Gasteiger partial charge >= 0.3 is 6.18 Å². The number of sulfonamides is 1. The van der Waals surface area contributed by atoms with E-state index in [9.17, 15) is 21.6 Å². The van der Waals surface area contributed by atoms with Crippen molar-refractivity contribution in [1.29, 1.82) is 0 Å².